The molecule has 88 valence electrons. The molecule has 14 heavy (non-hydrogen) atoms. The van der Waals surface area contributed by atoms with Gasteiger partial charge in [0.2, 0.25) is 0 Å². The molecule has 0 N–H and O–H groups in total. The van der Waals surface area contributed by atoms with E-state index in [1.165, 1.54) is 12.8 Å². The van der Waals surface area contributed by atoms with Crippen LogP contribution < -0.4 is 0 Å². The number of hydrogen-bond donors (Lipinski definition) is 0. The van der Waals surface area contributed by atoms with Gasteiger partial charge in [-0.1, -0.05) is 27.2 Å². The Hall–Kier alpha value is -0.0800. The van der Waals surface area contributed by atoms with Gasteiger partial charge in [0.05, 0.1) is 6.10 Å². The van der Waals surface area contributed by atoms with Crippen molar-refractivity contribution in [2.45, 2.75) is 53.1 Å². The largest absolute Gasteiger partial charge is 0.385 e. The van der Waals surface area contributed by atoms with Crippen LogP contribution in [-0.4, -0.2) is 26.9 Å². The Bertz CT molecular complexity index is 92.3. The van der Waals surface area contributed by atoms with Crippen molar-refractivity contribution < 1.29 is 9.47 Å². The van der Waals surface area contributed by atoms with Gasteiger partial charge in [0.15, 0.2) is 0 Å². The zero-order valence-electron chi connectivity index (χ0n) is 10.8. The molecule has 2 atom stereocenters. The second-order valence-corrected chi connectivity index (χ2v) is 3.70. The average molecular weight is 204 g/mol. The van der Waals surface area contributed by atoms with Gasteiger partial charge in [-0.15, -0.1) is 0 Å². The highest BCUT2D eigenvalue weighted by Gasteiger charge is 2.08. The molecule has 0 spiro atoms. The van der Waals surface area contributed by atoms with Gasteiger partial charge in [-0.05, 0) is 25.7 Å². The molecule has 0 radical (unpaired) electrons. The van der Waals surface area contributed by atoms with E-state index in [9.17, 15) is 0 Å². The normalized spacial score (nSPS) is 14.1. The number of hydrogen-bond acceptors (Lipinski definition) is 2. The number of ether oxygens (including phenoxy) is 2. The summed E-state index contributed by atoms with van der Waals surface area (Å²) in [5.41, 5.74) is 0. The molecule has 0 aliphatic rings. The van der Waals surface area contributed by atoms with Crippen LogP contribution in [0, 0.1) is 5.92 Å². The highest BCUT2D eigenvalue weighted by molar-refractivity contribution is 4.58. The maximum absolute atomic E-state index is 5.16. The minimum atomic E-state index is 0.421. The fourth-order valence-electron chi connectivity index (χ4n) is 1.13. The second kappa shape index (κ2) is 12.9. The molecule has 0 fully saturated rings. The third-order valence-corrected chi connectivity index (χ3v) is 2.33. The lowest BCUT2D eigenvalue weighted by Crippen LogP contribution is -2.15. The van der Waals surface area contributed by atoms with Crippen LogP contribution in [0.2, 0.25) is 0 Å². The van der Waals surface area contributed by atoms with Gasteiger partial charge in [-0.3, -0.25) is 0 Å². The lowest BCUT2D eigenvalue weighted by atomic mass is 10.0. The quantitative estimate of drug-likeness (QED) is 0.659. The number of rotatable bonds is 6. The Labute approximate surface area is 90.0 Å². The molecule has 0 aromatic carbocycles. The molecule has 0 saturated heterocycles. The van der Waals surface area contributed by atoms with E-state index in [1.54, 1.807) is 14.2 Å². The Morgan fingerprint density at radius 1 is 1.00 bits per heavy atom. The monoisotopic (exact) mass is 204 g/mol. The average Bonchev–Trinajstić information content (AvgIpc) is 2.19. The Morgan fingerprint density at radius 3 is 1.79 bits per heavy atom. The molecule has 0 amide bonds. The Balaban J connectivity index is 0. The van der Waals surface area contributed by atoms with Crippen LogP contribution in [0.4, 0.5) is 0 Å². The Morgan fingerprint density at radius 2 is 1.57 bits per heavy atom. The third kappa shape index (κ3) is 11.9. The molecule has 0 aromatic rings. The molecule has 0 rings (SSSR count). The first-order valence-electron chi connectivity index (χ1n) is 5.65. The van der Waals surface area contributed by atoms with E-state index in [2.05, 4.69) is 27.7 Å². The highest BCUT2D eigenvalue weighted by atomic mass is 16.5. The molecule has 2 heteroatoms. The summed E-state index contributed by atoms with van der Waals surface area (Å²) in [6.07, 6.45) is 4.07. The van der Waals surface area contributed by atoms with Crippen molar-refractivity contribution >= 4 is 0 Å². The minimum absolute atomic E-state index is 0.421. The van der Waals surface area contributed by atoms with E-state index in [0.29, 0.717) is 12.0 Å². The second-order valence-electron chi connectivity index (χ2n) is 3.70. The summed E-state index contributed by atoms with van der Waals surface area (Å²) in [6, 6.07) is 0. The van der Waals surface area contributed by atoms with Crippen molar-refractivity contribution in [3.63, 3.8) is 0 Å². The first kappa shape index (κ1) is 16.4. The van der Waals surface area contributed by atoms with Crippen LogP contribution in [0.3, 0.4) is 0 Å². The maximum atomic E-state index is 5.16. The first-order valence-corrected chi connectivity index (χ1v) is 5.65. The van der Waals surface area contributed by atoms with Crippen LogP contribution in [0.25, 0.3) is 0 Å². The highest BCUT2D eigenvalue weighted by Crippen LogP contribution is 2.11. The molecule has 0 saturated carbocycles. The van der Waals surface area contributed by atoms with E-state index in [0.717, 1.165) is 13.0 Å². The summed E-state index contributed by atoms with van der Waals surface area (Å²) in [7, 11) is 3.49. The summed E-state index contributed by atoms with van der Waals surface area (Å²) in [5.74, 6) is 0.708. The van der Waals surface area contributed by atoms with Gasteiger partial charge in [0.1, 0.15) is 0 Å². The zero-order valence-corrected chi connectivity index (χ0v) is 10.8. The van der Waals surface area contributed by atoms with E-state index >= 15 is 0 Å². The lowest BCUT2D eigenvalue weighted by molar-refractivity contribution is 0.0701. The van der Waals surface area contributed by atoms with Crippen molar-refractivity contribution in [1.29, 1.82) is 0 Å². The summed E-state index contributed by atoms with van der Waals surface area (Å²) < 4.78 is 9.86. The van der Waals surface area contributed by atoms with Gasteiger partial charge in [0, 0.05) is 20.8 Å². The van der Waals surface area contributed by atoms with Gasteiger partial charge in [-0.25, -0.2) is 0 Å². The molecule has 0 aliphatic carbocycles. The van der Waals surface area contributed by atoms with Crippen LogP contribution in [0.1, 0.15) is 47.0 Å². The molecular formula is C12H28O2. The minimum Gasteiger partial charge on any atom is -0.385 e. The predicted octanol–water partition coefficient (Wildman–Crippen LogP) is 3.50. The zero-order chi connectivity index (χ0) is 11.4. The number of methoxy groups -OCH3 is 2. The van der Waals surface area contributed by atoms with Crippen LogP contribution in [-0.2, 0) is 9.47 Å². The predicted molar refractivity (Wildman–Crippen MR) is 62.7 cm³/mol. The van der Waals surface area contributed by atoms with E-state index in [4.69, 9.17) is 9.47 Å². The first-order chi connectivity index (χ1) is 6.63. The standard InChI is InChI=1S/C8H18O.C4H10O/c1-5-6-7(2)8(3)9-4;1-3-4-5-2/h7-8H,5-6H2,1-4H3;3-4H2,1-2H3. The smallest absolute Gasteiger partial charge is 0.0568 e. The molecule has 2 nitrogen and oxygen atoms in total. The molecule has 2 unspecified atom stereocenters. The fraction of sp³-hybridized carbons (Fsp3) is 1.00. The van der Waals surface area contributed by atoms with Crippen molar-refractivity contribution in [3.05, 3.63) is 0 Å². The van der Waals surface area contributed by atoms with Gasteiger partial charge in [-0.2, -0.15) is 0 Å². The summed E-state index contributed by atoms with van der Waals surface area (Å²) in [4.78, 5) is 0. The summed E-state index contributed by atoms with van der Waals surface area (Å²) >= 11 is 0. The van der Waals surface area contributed by atoms with Crippen LogP contribution in [0.5, 0.6) is 0 Å². The lowest BCUT2D eigenvalue weighted by Gasteiger charge is -2.16. The molecule has 0 aromatic heterocycles. The summed E-state index contributed by atoms with van der Waals surface area (Å²) in [6.45, 7) is 9.54. The Kier molecular flexibility index (Phi) is 15.1. The molecule has 0 bridgehead atoms. The topological polar surface area (TPSA) is 18.5 Å². The molecule has 0 aliphatic heterocycles. The maximum Gasteiger partial charge on any atom is 0.0568 e. The van der Waals surface area contributed by atoms with Crippen molar-refractivity contribution in [3.8, 4) is 0 Å². The van der Waals surface area contributed by atoms with E-state index in [1.807, 2.05) is 0 Å². The van der Waals surface area contributed by atoms with Crippen LogP contribution >= 0.6 is 0 Å². The molecule has 0 heterocycles. The SMILES string of the molecule is CCCC(C)C(C)OC.CCCOC. The van der Waals surface area contributed by atoms with E-state index < -0.39 is 0 Å². The van der Waals surface area contributed by atoms with Gasteiger partial charge >= 0.3 is 0 Å². The molecular weight excluding hydrogens is 176 g/mol. The van der Waals surface area contributed by atoms with Crippen LogP contribution in [0.15, 0.2) is 0 Å². The van der Waals surface area contributed by atoms with Gasteiger partial charge in [0.25, 0.3) is 0 Å². The third-order valence-electron chi connectivity index (χ3n) is 2.33. The van der Waals surface area contributed by atoms with Crippen molar-refractivity contribution in [1.82, 2.24) is 0 Å². The van der Waals surface area contributed by atoms with Crippen molar-refractivity contribution in [2.75, 3.05) is 20.8 Å². The van der Waals surface area contributed by atoms with E-state index in [-0.39, 0.29) is 0 Å². The fourth-order valence-corrected chi connectivity index (χ4v) is 1.13. The van der Waals surface area contributed by atoms with Crippen molar-refractivity contribution in [2.24, 2.45) is 5.92 Å². The van der Waals surface area contributed by atoms with Gasteiger partial charge < -0.3 is 9.47 Å². The summed E-state index contributed by atoms with van der Waals surface area (Å²) in [5, 5.41) is 0.